The Kier molecular flexibility index (Phi) is 4.79. The summed E-state index contributed by atoms with van der Waals surface area (Å²) in [6.07, 6.45) is 2.20. The molecule has 1 atom stereocenters. The normalized spacial score (nSPS) is 15.7. The van der Waals surface area contributed by atoms with Crippen LogP contribution in [0.5, 0.6) is 5.75 Å². The number of aromatic nitrogens is 1. The van der Waals surface area contributed by atoms with E-state index >= 15 is 0 Å². The maximum atomic E-state index is 12.0. The van der Waals surface area contributed by atoms with Gasteiger partial charge in [0, 0.05) is 43.9 Å². The number of carbonyl (C=O) groups is 2. The number of hydrazone groups is 1. The number of nitro benzene ring substituents is 1. The van der Waals surface area contributed by atoms with E-state index < -0.39 is 23.0 Å². The lowest BCUT2D eigenvalue weighted by Crippen LogP contribution is -2.25. The van der Waals surface area contributed by atoms with Crippen LogP contribution in [-0.2, 0) is 14.3 Å². The molecule has 0 spiro atoms. The average Bonchev–Trinajstić information content (AvgIpc) is 3.07. The lowest BCUT2D eigenvalue weighted by Gasteiger charge is -2.19. The molecule has 0 aliphatic carbocycles. The molecule has 1 aliphatic heterocycles. The standard InChI is InChI=1S/C17H14N4O6/c1-10(22)20-17(12-5-7-18-8-6-12)27-16(19-20)14-9-13(21(24)25)3-4-15(14)26-11(2)23/h3-9,17H,1-2H3/t17-/m1/s1. The minimum absolute atomic E-state index is 0.0331. The Hall–Kier alpha value is -3.82. The minimum atomic E-state index is -0.870. The van der Waals surface area contributed by atoms with Crippen molar-refractivity contribution in [2.24, 2.45) is 5.10 Å². The topological polar surface area (TPSA) is 124 Å². The van der Waals surface area contributed by atoms with Gasteiger partial charge in [-0.25, -0.2) is 0 Å². The summed E-state index contributed by atoms with van der Waals surface area (Å²) in [5.41, 5.74) is 0.453. The fourth-order valence-electron chi connectivity index (χ4n) is 2.46. The minimum Gasteiger partial charge on any atom is -0.446 e. The van der Waals surface area contributed by atoms with Gasteiger partial charge < -0.3 is 9.47 Å². The molecule has 0 fully saturated rings. The van der Waals surface area contributed by atoms with Crippen LogP contribution in [0.1, 0.15) is 31.2 Å². The fraction of sp³-hybridized carbons (Fsp3) is 0.176. The van der Waals surface area contributed by atoms with Gasteiger partial charge in [-0.2, -0.15) is 5.01 Å². The Morgan fingerprint density at radius 1 is 1.22 bits per heavy atom. The molecule has 10 nitrogen and oxygen atoms in total. The molecule has 1 aliphatic rings. The summed E-state index contributed by atoms with van der Waals surface area (Å²) in [5.74, 6) is -1.05. The van der Waals surface area contributed by atoms with Crippen LogP contribution in [0, 0.1) is 10.1 Å². The predicted molar refractivity (Wildman–Crippen MR) is 91.5 cm³/mol. The summed E-state index contributed by atoms with van der Waals surface area (Å²) in [6, 6.07) is 6.95. The van der Waals surface area contributed by atoms with E-state index in [9.17, 15) is 19.7 Å². The van der Waals surface area contributed by atoms with E-state index in [4.69, 9.17) is 9.47 Å². The highest BCUT2D eigenvalue weighted by atomic mass is 16.6. The van der Waals surface area contributed by atoms with Crippen molar-refractivity contribution in [1.29, 1.82) is 0 Å². The highest BCUT2D eigenvalue weighted by Crippen LogP contribution is 2.34. The maximum Gasteiger partial charge on any atom is 0.308 e. The Morgan fingerprint density at radius 3 is 2.52 bits per heavy atom. The van der Waals surface area contributed by atoms with E-state index in [1.54, 1.807) is 12.1 Å². The van der Waals surface area contributed by atoms with Crippen molar-refractivity contribution in [1.82, 2.24) is 9.99 Å². The number of carbonyl (C=O) groups excluding carboxylic acids is 2. The first-order chi connectivity index (χ1) is 12.9. The summed E-state index contributed by atoms with van der Waals surface area (Å²) >= 11 is 0. The Bertz CT molecular complexity index is 944. The van der Waals surface area contributed by atoms with Gasteiger partial charge in [-0.1, -0.05) is 0 Å². The number of nitro groups is 1. The van der Waals surface area contributed by atoms with Gasteiger partial charge in [0.1, 0.15) is 5.75 Å². The number of nitrogens with zero attached hydrogens (tertiary/aromatic N) is 4. The lowest BCUT2D eigenvalue weighted by atomic mass is 10.1. The van der Waals surface area contributed by atoms with Crippen molar-refractivity contribution in [3.05, 3.63) is 64.0 Å². The van der Waals surface area contributed by atoms with Crippen molar-refractivity contribution in [2.75, 3.05) is 0 Å². The number of non-ortho nitro benzene ring substituents is 1. The Morgan fingerprint density at radius 2 is 1.93 bits per heavy atom. The molecule has 0 radical (unpaired) electrons. The number of ether oxygens (including phenoxy) is 2. The number of hydrogen-bond acceptors (Lipinski definition) is 8. The van der Waals surface area contributed by atoms with Gasteiger partial charge in [-0.05, 0) is 18.2 Å². The zero-order valence-corrected chi connectivity index (χ0v) is 14.4. The molecular formula is C17H14N4O6. The second-order valence-electron chi connectivity index (χ2n) is 5.55. The fourth-order valence-corrected chi connectivity index (χ4v) is 2.46. The smallest absolute Gasteiger partial charge is 0.308 e. The SMILES string of the molecule is CC(=O)Oc1ccc([N+](=O)[O-])cc1C1=NN(C(C)=O)[C@@H](c2ccncc2)O1. The lowest BCUT2D eigenvalue weighted by molar-refractivity contribution is -0.384. The van der Waals surface area contributed by atoms with Crippen LogP contribution in [-0.4, -0.2) is 32.7 Å². The summed E-state index contributed by atoms with van der Waals surface area (Å²) < 4.78 is 10.9. The van der Waals surface area contributed by atoms with Gasteiger partial charge in [0.25, 0.3) is 5.69 Å². The Labute approximate surface area is 153 Å². The molecule has 1 amide bonds. The van der Waals surface area contributed by atoms with Crippen molar-refractivity contribution < 1.29 is 24.0 Å². The second kappa shape index (κ2) is 7.20. The molecule has 27 heavy (non-hydrogen) atoms. The van der Waals surface area contributed by atoms with Crippen LogP contribution < -0.4 is 4.74 Å². The molecule has 1 aromatic carbocycles. The summed E-state index contributed by atoms with van der Waals surface area (Å²) in [6.45, 7) is 2.51. The summed E-state index contributed by atoms with van der Waals surface area (Å²) in [5, 5.41) is 16.3. The van der Waals surface area contributed by atoms with E-state index in [0.717, 1.165) is 5.01 Å². The van der Waals surface area contributed by atoms with Crippen LogP contribution >= 0.6 is 0 Å². The van der Waals surface area contributed by atoms with Crippen LogP contribution in [0.2, 0.25) is 0 Å². The molecule has 0 N–H and O–H groups in total. The van der Waals surface area contributed by atoms with Gasteiger partial charge in [0.05, 0.1) is 10.5 Å². The Balaban J connectivity index is 2.05. The molecule has 2 heterocycles. The number of amides is 1. The molecule has 1 aromatic heterocycles. The number of rotatable bonds is 4. The molecule has 10 heteroatoms. The van der Waals surface area contributed by atoms with Gasteiger partial charge in [-0.3, -0.25) is 24.7 Å². The largest absolute Gasteiger partial charge is 0.446 e. The molecule has 0 unspecified atom stereocenters. The van der Waals surface area contributed by atoms with Gasteiger partial charge >= 0.3 is 5.97 Å². The molecule has 0 saturated heterocycles. The monoisotopic (exact) mass is 370 g/mol. The van der Waals surface area contributed by atoms with Gasteiger partial charge in [0.15, 0.2) is 0 Å². The number of benzene rings is 1. The average molecular weight is 370 g/mol. The summed E-state index contributed by atoms with van der Waals surface area (Å²) in [7, 11) is 0. The van der Waals surface area contributed by atoms with Crippen molar-refractivity contribution >= 4 is 23.5 Å². The first-order valence-corrected chi connectivity index (χ1v) is 7.79. The van der Waals surface area contributed by atoms with Crippen molar-refractivity contribution in [3.8, 4) is 5.75 Å². The number of hydrogen-bond donors (Lipinski definition) is 0. The highest BCUT2D eigenvalue weighted by molar-refractivity contribution is 6.00. The first kappa shape index (κ1) is 18.0. The third kappa shape index (κ3) is 3.73. The third-order valence-corrected chi connectivity index (χ3v) is 3.62. The van der Waals surface area contributed by atoms with Crippen molar-refractivity contribution in [3.63, 3.8) is 0 Å². The highest BCUT2D eigenvalue weighted by Gasteiger charge is 2.35. The molecule has 138 valence electrons. The third-order valence-electron chi connectivity index (χ3n) is 3.62. The zero-order valence-electron chi connectivity index (χ0n) is 14.4. The number of pyridine rings is 1. The number of esters is 1. The van der Waals surface area contributed by atoms with E-state index in [0.29, 0.717) is 5.56 Å². The second-order valence-corrected chi connectivity index (χ2v) is 5.55. The van der Waals surface area contributed by atoms with E-state index in [2.05, 4.69) is 10.1 Å². The van der Waals surface area contributed by atoms with Crippen LogP contribution in [0.4, 0.5) is 5.69 Å². The van der Waals surface area contributed by atoms with Gasteiger partial charge in [0.2, 0.25) is 18.0 Å². The van der Waals surface area contributed by atoms with Crippen LogP contribution in [0.15, 0.2) is 47.8 Å². The zero-order chi connectivity index (χ0) is 19.6. The van der Waals surface area contributed by atoms with Crippen LogP contribution in [0.25, 0.3) is 0 Å². The van der Waals surface area contributed by atoms with Gasteiger partial charge in [-0.15, -0.1) is 5.10 Å². The molecular weight excluding hydrogens is 356 g/mol. The maximum absolute atomic E-state index is 12.0. The van der Waals surface area contributed by atoms with Crippen molar-refractivity contribution in [2.45, 2.75) is 20.1 Å². The van der Waals surface area contributed by atoms with E-state index in [1.807, 2.05) is 0 Å². The quantitative estimate of drug-likeness (QED) is 0.349. The molecule has 2 aromatic rings. The molecule has 3 rings (SSSR count). The molecule has 0 saturated carbocycles. The predicted octanol–water partition coefficient (Wildman–Crippen LogP) is 2.15. The van der Waals surface area contributed by atoms with E-state index in [-0.39, 0.29) is 22.9 Å². The van der Waals surface area contributed by atoms with Crippen LogP contribution in [0.3, 0.4) is 0 Å². The first-order valence-electron chi connectivity index (χ1n) is 7.79. The molecule has 0 bridgehead atoms. The summed E-state index contributed by atoms with van der Waals surface area (Å²) in [4.78, 5) is 37.7. The van der Waals surface area contributed by atoms with E-state index in [1.165, 1.54) is 44.4 Å².